The lowest BCUT2D eigenvalue weighted by atomic mass is 10.00. The van der Waals surface area contributed by atoms with Crippen LogP contribution in [0.2, 0.25) is 0 Å². The summed E-state index contributed by atoms with van der Waals surface area (Å²) in [6.07, 6.45) is 5.60. The van der Waals surface area contributed by atoms with Gasteiger partial charge in [-0.1, -0.05) is 6.92 Å². The van der Waals surface area contributed by atoms with Gasteiger partial charge < -0.3 is 10.2 Å². The van der Waals surface area contributed by atoms with Gasteiger partial charge in [0.1, 0.15) is 0 Å². The molecule has 5 heteroatoms. The fourth-order valence-electron chi connectivity index (χ4n) is 2.00. The highest BCUT2D eigenvalue weighted by molar-refractivity contribution is 5.74. The molecular weight excluding hydrogens is 228 g/mol. The van der Waals surface area contributed by atoms with Crippen LogP contribution in [-0.4, -0.2) is 34.0 Å². The molecule has 2 rings (SSSR count). The van der Waals surface area contributed by atoms with Crippen LogP contribution in [-0.2, 0) is 6.54 Å². The quantitative estimate of drug-likeness (QED) is 0.867. The molecule has 1 aromatic heterocycles. The second kappa shape index (κ2) is 5.80. The van der Waals surface area contributed by atoms with Crippen LogP contribution >= 0.6 is 0 Å². The number of nitrogens with one attached hydrogen (secondary N) is 1. The molecule has 2 amide bonds. The van der Waals surface area contributed by atoms with E-state index in [1.807, 2.05) is 11.8 Å². The third-order valence-corrected chi connectivity index (χ3v) is 3.33. The van der Waals surface area contributed by atoms with Crippen molar-refractivity contribution in [1.82, 2.24) is 20.2 Å². The number of piperidine rings is 1. The van der Waals surface area contributed by atoms with Gasteiger partial charge in [-0.2, -0.15) is 0 Å². The second-order valence-corrected chi connectivity index (χ2v) is 4.98. The predicted octanol–water partition coefficient (Wildman–Crippen LogP) is 1.73. The average Bonchev–Trinajstić information content (AvgIpc) is 2.38. The van der Waals surface area contributed by atoms with E-state index in [-0.39, 0.29) is 6.03 Å². The van der Waals surface area contributed by atoms with Gasteiger partial charge in [0.25, 0.3) is 0 Å². The van der Waals surface area contributed by atoms with E-state index in [9.17, 15) is 4.79 Å². The van der Waals surface area contributed by atoms with E-state index >= 15 is 0 Å². The SMILES string of the molecule is Cc1cnc(CNC(=O)N2CCC(C)CC2)cn1. The molecule has 1 aliphatic rings. The minimum absolute atomic E-state index is 0.00396. The molecule has 2 heterocycles. The zero-order valence-corrected chi connectivity index (χ0v) is 11.0. The second-order valence-electron chi connectivity index (χ2n) is 4.98. The summed E-state index contributed by atoms with van der Waals surface area (Å²) >= 11 is 0. The van der Waals surface area contributed by atoms with Crippen LogP contribution in [0.5, 0.6) is 0 Å². The number of urea groups is 1. The van der Waals surface area contributed by atoms with E-state index in [2.05, 4.69) is 22.2 Å². The number of hydrogen-bond donors (Lipinski definition) is 1. The van der Waals surface area contributed by atoms with Gasteiger partial charge in [-0.05, 0) is 25.7 Å². The van der Waals surface area contributed by atoms with Crippen LogP contribution in [0.4, 0.5) is 4.79 Å². The van der Waals surface area contributed by atoms with E-state index < -0.39 is 0 Å². The van der Waals surface area contributed by atoms with Crippen LogP contribution in [0.15, 0.2) is 12.4 Å². The molecule has 0 bridgehead atoms. The first-order chi connectivity index (χ1) is 8.65. The molecule has 1 N–H and O–H groups in total. The topological polar surface area (TPSA) is 58.1 Å². The molecule has 0 aromatic carbocycles. The lowest BCUT2D eigenvalue weighted by Gasteiger charge is -2.30. The zero-order chi connectivity index (χ0) is 13.0. The number of carbonyl (C=O) groups excluding carboxylic acids is 1. The molecule has 0 atom stereocenters. The third-order valence-electron chi connectivity index (χ3n) is 3.33. The Labute approximate surface area is 108 Å². The normalized spacial score (nSPS) is 16.7. The number of aryl methyl sites for hydroxylation is 1. The van der Waals surface area contributed by atoms with E-state index in [1.54, 1.807) is 12.4 Å². The van der Waals surface area contributed by atoms with Crippen molar-refractivity contribution in [3.05, 3.63) is 23.8 Å². The molecule has 98 valence electrons. The van der Waals surface area contributed by atoms with Gasteiger partial charge in [0.2, 0.25) is 0 Å². The van der Waals surface area contributed by atoms with Gasteiger partial charge in [0.15, 0.2) is 0 Å². The minimum atomic E-state index is 0.00396. The molecule has 0 spiro atoms. The Kier molecular flexibility index (Phi) is 4.12. The maximum absolute atomic E-state index is 11.9. The monoisotopic (exact) mass is 248 g/mol. The fourth-order valence-corrected chi connectivity index (χ4v) is 2.00. The highest BCUT2D eigenvalue weighted by Gasteiger charge is 2.19. The molecular formula is C13H20N4O. The van der Waals surface area contributed by atoms with Gasteiger partial charge in [-0.15, -0.1) is 0 Å². The smallest absolute Gasteiger partial charge is 0.317 e. The van der Waals surface area contributed by atoms with Crippen LogP contribution in [0.25, 0.3) is 0 Å². The summed E-state index contributed by atoms with van der Waals surface area (Å²) < 4.78 is 0. The van der Waals surface area contributed by atoms with Crippen LogP contribution in [0, 0.1) is 12.8 Å². The van der Waals surface area contributed by atoms with Crippen molar-refractivity contribution in [3.8, 4) is 0 Å². The van der Waals surface area contributed by atoms with Crippen molar-refractivity contribution in [2.24, 2.45) is 5.92 Å². The molecule has 1 aliphatic heterocycles. The maximum atomic E-state index is 11.9. The Morgan fingerprint density at radius 2 is 2.11 bits per heavy atom. The van der Waals surface area contributed by atoms with Gasteiger partial charge in [0, 0.05) is 19.3 Å². The molecule has 0 unspecified atom stereocenters. The molecule has 0 aliphatic carbocycles. The first kappa shape index (κ1) is 12.8. The van der Waals surface area contributed by atoms with Crippen LogP contribution in [0.3, 0.4) is 0 Å². The summed E-state index contributed by atoms with van der Waals surface area (Å²) in [5.74, 6) is 0.733. The molecule has 1 saturated heterocycles. The largest absolute Gasteiger partial charge is 0.332 e. The summed E-state index contributed by atoms with van der Waals surface area (Å²) in [6, 6.07) is 0.00396. The third kappa shape index (κ3) is 3.42. The number of aromatic nitrogens is 2. The van der Waals surface area contributed by atoms with Crippen molar-refractivity contribution in [3.63, 3.8) is 0 Å². The van der Waals surface area contributed by atoms with Gasteiger partial charge in [0.05, 0.1) is 24.1 Å². The molecule has 18 heavy (non-hydrogen) atoms. The Balaban J connectivity index is 1.79. The summed E-state index contributed by atoms with van der Waals surface area (Å²) in [5.41, 5.74) is 1.68. The van der Waals surface area contributed by atoms with E-state index in [1.165, 1.54) is 0 Å². The number of carbonyl (C=O) groups is 1. The highest BCUT2D eigenvalue weighted by Crippen LogP contribution is 2.15. The van der Waals surface area contributed by atoms with Crippen LogP contribution < -0.4 is 5.32 Å². The first-order valence-electron chi connectivity index (χ1n) is 6.45. The molecule has 1 fully saturated rings. The Morgan fingerprint density at radius 3 is 2.72 bits per heavy atom. The standard InChI is InChI=1S/C13H20N4O/c1-10-3-5-17(6-4-10)13(18)16-9-12-8-14-11(2)7-15-12/h7-8,10H,3-6,9H2,1-2H3,(H,16,18). The predicted molar refractivity (Wildman–Crippen MR) is 69.0 cm³/mol. The molecule has 0 saturated carbocycles. The Bertz CT molecular complexity index is 396. The summed E-state index contributed by atoms with van der Waals surface area (Å²) in [7, 11) is 0. The van der Waals surface area contributed by atoms with Crippen molar-refractivity contribution in [1.29, 1.82) is 0 Å². The van der Waals surface area contributed by atoms with Crippen LogP contribution in [0.1, 0.15) is 31.2 Å². The van der Waals surface area contributed by atoms with Crippen molar-refractivity contribution in [2.75, 3.05) is 13.1 Å². The number of rotatable bonds is 2. The Morgan fingerprint density at radius 1 is 1.39 bits per heavy atom. The first-order valence-corrected chi connectivity index (χ1v) is 6.45. The van der Waals surface area contributed by atoms with E-state index in [0.29, 0.717) is 6.54 Å². The minimum Gasteiger partial charge on any atom is -0.332 e. The number of likely N-dealkylation sites (tertiary alicyclic amines) is 1. The van der Waals surface area contributed by atoms with Gasteiger partial charge in [-0.3, -0.25) is 9.97 Å². The fraction of sp³-hybridized carbons (Fsp3) is 0.615. The molecule has 1 aromatic rings. The summed E-state index contributed by atoms with van der Waals surface area (Å²) in [4.78, 5) is 22.2. The van der Waals surface area contributed by atoms with E-state index in [0.717, 1.165) is 43.2 Å². The van der Waals surface area contributed by atoms with Crippen molar-refractivity contribution < 1.29 is 4.79 Å². The number of nitrogens with zero attached hydrogens (tertiary/aromatic N) is 3. The van der Waals surface area contributed by atoms with Crippen molar-refractivity contribution >= 4 is 6.03 Å². The lowest BCUT2D eigenvalue weighted by molar-refractivity contribution is 0.173. The summed E-state index contributed by atoms with van der Waals surface area (Å²) in [6.45, 7) is 6.28. The maximum Gasteiger partial charge on any atom is 0.317 e. The molecule has 5 nitrogen and oxygen atoms in total. The number of hydrogen-bond acceptors (Lipinski definition) is 3. The van der Waals surface area contributed by atoms with E-state index in [4.69, 9.17) is 0 Å². The highest BCUT2D eigenvalue weighted by atomic mass is 16.2. The lowest BCUT2D eigenvalue weighted by Crippen LogP contribution is -2.43. The average molecular weight is 248 g/mol. The molecule has 0 radical (unpaired) electrons. The summed E-state index contributed by atoms with van der Waals surface area (Å²) in [5, 5.41) is 2.89. The Hall–Kier alpha value is -1.65. The van der Waals surface area contributed by atoms with Gasteiger partial charge >= 0.3 is 6.03 Å². The van der Waals surface area contributed by atoms with Crippen molar-refractivity contribution in [2.45, 2.75) is 33.2 Å². The zero-order valence-electron chi connectivity index (χ0n) is 11.0. The number of amides is 2. The van der Waals surface area contributed by atoms with Gasteiger partial charge in [-0.25, -0.2) is 4.79 Å².